The summed E-state index contributed by atoms with van der Waals surface area (Å²) in [6, 6.07) is -6.83. The Morgan fingerprint density at radius 1 is 0.594 bits per heavy atom. The molecule has 0 heterocycles. The number of phenols is 1. The van der Waals surface area contributed by atoms with Crippen LogP contribution in [-0.4, -0.2) is 147 Å². The van der Waals surface area contributed by atoms with Crippen molar-refractivity contribution in [3.63, 3.8) is 0 Å². The Morgan fingerprint density at radius 3 is 1.55 bits per heavy atom. The standard InChI is InChI=1S/C39H63N11O14/c1-18(2)30(39(63)64)49-37(61)27(17-51)48-38(62)31(20(4)52)50-34(58)24(12-13-28(42)54)45-33(57)23(7-5-6-14-40)44-35(59)25(15-21-8-10-22(53)11-9-21)47-36(60)26(16-29(43)55)46-32(56)19(3)41/h8-11,18-20,23-27,30-31,51-53H,5-7,12-17,40-41H2,1-4H3,(H2,42,54)(H2,43,55)(H,44,59)(H,45,57)(H,46,56)(H,47,60)(H,48,62)(H,49,61)(H,50,58)(H,63,64)/t19-,20+,23-,24-,25-,26-,27-,30-,31-/m0/s1. The Kier molecular flexibility index (Phi) is 24.0. The molecule has 64 heavy (non-hydrogen) atoms. The minimum Gasteiger partial charge on any atom is -0.508 e. The second-order valence-corrected chi connectivity index (χ2v) is 15.4. The van der Waals surface area contributed by atoms with E-state index < -0.39 is 145 Å². The van der Waals surface area contributed by atoms with Crippen LogP contribution in [0.15, 0.2) is 24.3 Å². The Hall–Kier alpha value is -6.44. The summed E-state index contributed by atoms with van der Waals surface area (Å²) in [7, 11) is 0. The number of amides is 9. The lowest BCUT2D eigenvalue weighted by atomic mass is 10.0. The summed E-state index contributed by atoms with van der Waals surface area (Å²) in [5, 5.41) is 55.8. The van der Waals surface area contributed by atoms with Gasteiger partial charge in [0.15, 0.2) is 0 Å². The molecule has 0 aliphatic heterocycles. The first-order chi connectivity index (χ1) is 29.9. The van der Waals surface area contributed by atoms with Crippen LogP contribution in [0.3, 0.4) is 0 Å². The van der Waals surface area contributed by atoms with Crippen LogP contribution in [0.5, 0.6) is 5.75 Å². The van der Waals surface area contributed by atoms with Gasteiger partial charge in [0.2, 0.25) is 53.2 Å². The Morgan fingerprint density at radius 2 is 1.06 bits per heavy atom. The van der Waals surface area contributed by atoms with Crippen LogP contribution in [0.2, 0.25) is 0 Å². The van der Waals surface area contributed by atoms with Crippen molar-refractivity contribution in [2.45, 2.75) is 127 Å². The summed E-state index contributed by atoms with van der Waals surface area (Å²) in [6.45, 7) is 4.58. The molecule has 0 bridgehead atoms. The number of carboxylic acid groups (broad SMARTS) is 1. The molecule has 358 valence electrons. The third-order valence-electron chi connectivity index (χ3n) is 9.46. The van der Waals surface area contributed by atoms with Crippen molar-refractivity contribution < 1.29 is 68.4 Å². The normalized spacial score (nSPS) is 15.3. The maximum Gasteiger partial charge on any atom is 0.326 e. The molecule has 0 aliphatic rings. The van der Waals surface area contributed by atoms with E-state index in [0.29, 0.717) is 12.0 Å². The van der Waals surface area contributed by atoms with E-state index in [1.807, 2.05) is 0 Å². The summed E-state index contributed by atoms with van der Waals surface area (Å²) in [4.78, 5) is 129. The number of nitrogens with one attached hydrogen (secondary N) is 7. The van der Waals surface area contributed by atoms with Gasteiger partial charge in [0.25, 0.3) is 0 Å². The van der Waals surface area contributed by atoms with E-state index in [1.54, 1.807) is 0 Å². The highest BCUT2D eigenvalue weighted by Crippen LogP contribution is 2.13. The number of carboxylic acids is 1. The fourth-order valence-electron chi connectivity index (χ4n) is 5.81. The van der Waals surface area contributed by atoms with Crippen molar-refractivity contribution in [1.82, 2.24) is 37.2 Å². The second-order valence-electron chi connectivity index (χ2n) is 15.4. The molecule has 0 saturated heterocycles. The predicted octanol–water partition coefficient (Wildman–Crippen LogP) is -5.94. The minimum atomic E-state index is -1.86. The lowest BCUT2D eigenvalue weighted by molar-refractivity contribution is -0.144. The number of rotatable bonds is 29. The van der Waals surface area contributed by atoms with Crippen LogP contribution in [0.1, 0.15) is 71.8 Å². The van der Waals surface area contributed by atoms with E-state index in [4.69, 9.17) is 22.9 Å². The van der Waals surface area contributed by atoms with Gasteiger partial charge in [-0.05, 0) is 69.7 Å². The second kappa shape index (κ2) is 27.6. The Balaban J connectivity index is 3.49. The summed E-state index contributed by atoms with van der Waals surface area (Å²) in [5.74, 6) is -11.2. The van der Waals surface area contributed by atoms with Gasteiger partial charge < -0.3 is 80.6 Å². The zero-order valence-corrected chi connectivity index (χ0v) is 36.1. The summed E-state index contributed by atoms with van der Waals surface area (Å²) in [6.07, 6.45) is -3.09. The van der Waals surface area contributed by atoms with Crippen LogP contribution >= 0.6 is 0 Å². The number of unbranched alkanes of at least 4 members (excludes halogenated alkanes) is 1. The number of aliphatic carboxylic acids is 1. The largest absolute Gasteiger partial charge is 0.508 e. The van der Waals surface area contributed by atoms with Gasteiger partial charge in [0.1, 0.15) is 48.0 Å². The molecule has 9 amide bonds. The molecular formula is C39H63N11O14. The Bertz CT molecular complexity index is 1790. The number of primary amides is 2. The van der Waals surface area contributed by atoms with Gasteiger partial charge in [0, 0.05) is 12.8 Å². The van der Waals surface area contributed by atoms with Gasteiger partial charge >= 0.3 is 5.97 Å². The average molecular weight is 910 g/mol. The maximum atomic E-state index is 14.0. The highest BCUT2D eigenvalue weighted by Gasteiger charge is 2.36. The zero-order chi connectivity index (χ0) is 48.8. The van der Waals surface area contributed by atoms with Crippen molar-refractivity contribution in [3.8, 4) is 5.75 Å². The summed E-state index contributed by atoms with van der Waals surface area (Å²) in [5.41, 5.74) is 22.3. The number of hydrogen-bond acceptors (Lipinski definition) is 15. The van der Waals surface area contributed by atoms with E-state index in [9.17, 15) is 68.4 Å². The molecule has 1 aromatic carbocycles. The van der Waals surface area contributed by atoms with Crippen LogP contribution in [0, 0.1) is 5.92 Å². The molecule has 0 aromatic heterocycles. The van der Waals surface area contributed by atoms with Crippen molar-refractivity contribution in [1.29, 1.82) is 0 Å². The number of aromatic hydroxyl groups is 1. The number of nitrogens with two attached hydrogens (primary N) is 4. The van der Waals surface area contributed by atoms with Gasteiger partial charge in [-0.2, -0.15) is 0 Å². The number of benzene rings is 1. The zero-order valence-electron chi connectivity index (χ0n) is 36.1. The smallest absolute Gasteiger partial charge is 0.326 e. The molecule has 25 nitrogen and oxygen atoms in total. The summed E-state index contributed by atoms with van der Waals surface area (Å²) < 4.78 is 0. The summed E-state index contributed by atoms with van der Waals surface area (Å²) >= 11 is 0. The molecule has 0 saturated carbocycles. The van der Waals surface area contributed by atoms with Gasteiger partial charge in [0.05, 0.1) is 25.2 Å². The number of aliphatic hydroxyl groups is 2. The number of aliphatic hydroxyl groups excluding tert-OH is 2. The molecule has 25 heteroatoms. The predicted molar refractivity (Wildman–Crippen MR) is 225 cm³/mol. The van der Waals surface area contributed by atoms with Gasteiger partial charge in [-0.25, -0.2) is 4.79 Å². The highest BCUT2D eigenvalue weighted by molar-refractivity contribution is 5.98. The van der Waals surface area contributed by atoms with Crippen LogP contribution in [0.4, 0.5) is 0 Å². The van der Waals surface area contributed by atoms with E-state index in [2.05, 4.69) is 37.2 Å². The van der Waals surface area contributed by atoms with Crippen molar-refractivity contribution in [2.24, 2.45) is 28.9 Å². The average Bonchev–Trinajstić information content (AvgIpc) is 3.21. The van der Waals surface area contributed by atoms with Gasteiger partial charge in [-0.1, -0.05) is 26.0 Å². The fourth-order valence-corrected chi connectivity index (χ4v) is 5.81. The van der Waals surface area contributed by atoms with Gasteiger partial charge in [-0.3, -0.25) is 43.2 Å². The molecule has 19 N–H and O–H groups in total. The third-order valence-corrected chi connectivity index (χ3v) is 9.46. The first-order valence-corrected chi connectivity index (χ1v) is 20.4. The van der Waals surface area contributed by atoms with E-state index in [-0.39, 0.29) is 31.6 Å². The molecule has 1 aromatic rings. The lowest BCUT2D eigenvalue weighted by Crippen LogP contribution is -2.62. The molecular weight excluding hydrogens is 846 g/mol. The van der Waals surface area contributed by atoms with Gasteiger partial charge in [-0.15, -0.1) is 0 Å². The van der Waals surface area contributed by atoms with Crippen molar-refractivity contribution >= 4 is 59.1 Å². The molecule has 0 spiro atoms. The minimum absolute atomic E-state index is 0.101. The molecule has 0 radical (unpaired) electrons. The molecule has 9 atom stereocenters. The van der Waals surface area contributed by atoms with E-state index in [0.717, 1.165) is 6.92 Å². The SMILES string of the molecule is CC(C)[C@H](NC(=O)[C@H](CO)NC(=O)[C@@H](NC(=O)[C@H](CCC(N)=O)NC(=O)[C@H](CCCCN)NC(=O)[C@H](Cc1ccc(O)cc1)NC(=O)[C@H](CC(N)=O)NC(=O)[C@H](C)N)[C@@H](C)O)C(=O)O. The number of carbonyl (C=O) groups excluding carboxylic acids is 9. The van der Waals surface area contributed by atoms with Crippen molar-refractivity contribution in [2.75, 3.05) is 13.2 Å². The monoisotopic (exact) mass is 909 g/mol. The number of hydrogen-bond donors (Lipinski definition) is 15. The topological polar surface area (TPSA) is 440 Å². The van der Waals surface area contributed by atoms with Crippen LogP contribution < -0.4 is 60.2 Å². The molecule has 1 rings (SSSR count). The lowest BCUT2D eigenvalue weighted by Gasteiger charge is -2.28. The number of carbonyl (C=O) groups is 10. The first kappa shape index (κ1) is 55.6. The first-order valence-electron chi connectivity index (χ1n) is 20.4. The maximum absolute atomic E-state index is 14.0. The highest BCUT2D eigenvalue weighted by atomic mass is 16.4. The quantitative estimate of drug-likeness (QED) is 0.0333. The van der Waals surface area contributed by atoms with Crippen LogP contribution in [0.25, 0.3) is 0 Å². The third kappa shape index (κ3) is 19.7. The van der Waals surface area contributed by atoms with E-state index >= 15 is 0 Å². The molecule has 0 aliphatic carbocycles. The van der Waals surface area contributed by atoms with E-state index in [1.165, 1.54) is 45.0 Å². The molecule has 0 unspecified atom stereocenters. The molecule has 0 fully saturated rings. The fraction of sp³-hybridized carbons (Fsp3) is 0.590. The van der Waals surface area contributed by atoms with Crippen molar-refractivity contribution in [3.05, 3.63) is 29.8 Å². The number of phenolic OH excluding ortho intramolecular Hbond substituents is 1. The Labute approximate surface area is 368 Å². The van der Waals surface area contributed by atoms with Crippen LogP contribution in [-0.2, 0) is 54.4 Å².